The Morgan fingerprint density at radius 3 is 2.48 bits per heavy atom. The van der Waals surface area contributed by atoms with Crippen LogP contribution in [0.5, 0.6) is 11.5 Å². The van der Waals surface area contributed by atoms with E-state index >= 15 is 0 Å². The Kier molecular flexibility index (Phi) is 5.08. The average Bonchev–Trinajstić information content (AvgIpc) is 3.27. The minimum absolute atomic E-state index is 0.0347. The number of fused-ring (bicyclic) bond motifs is 1. The third kappa shape index (κ3) is 3.74. The van der Waals surface area contributed by atoms with Gasteiger partial charge in [-0.2, -0.15) is 0 Å². The molecule has 29 heavy (non-hydrogen) atoms. The molecule has 1 N–H and O–H groups in total. The Balaban J connectivity index is 1.71. The SMILES string of the molecule is COc1cc2nc(C)nc(N[C@H](C)c3cccc(-c4ccoc4)c3)c2cc1OC. The van der Waals surface area contributed by atoms with E-state index < -0.39 is 0 Å². The predicted octanol–water partition coefficient (Wildman–Crippen LogP) is 5.39. The Morgan fingerprint density at radius 1 is 0.966 bits per heavy atom. The fraction of sp³-hybridized carbons (Fsp3) is 0.217. The molecule has 0 saturated carbocycles. The summed E-state index contributed by atoms with van der Waals surface area (Å²) in [6.07, 6.45) is 3.43. The van der Waals surface area contributed by atoms with Crippen LogP contribution >= 0.6 is 0 Å². The number of benzene rings is 2. The monoisotopic (exact) mass is 389 g/mol. The van der Waals surface area contributed by atoms with Gasteiger partial charge in [0.2, 0.25) is 0 Å². The molecule has 0 aliphatic rings. The van der Waals surface area contributed by atoms with Crippen molar-refractivity contribution < 1.29 is 13.9 Å². The zero-order valence-electron chi connectivity index (χ0n) is 16.9. The molecule has 0 radical (unpaired) electrons. The Labute approximate surface area is 169 Å². The van der Waals surface area contributed by atoms with Gasteiger partial charge >= 0.3 is 0 Å². The first-order valence-corrected chi connectivity index (χ1v) is 9.38. The van der Waals surface area contributed by atoms with Crippen LogP contribution in [0.2, 0.25) is 0 Å². The van der Waals surface area contributed by atoms with Gasteiger partial charge < -0.3 is 19.2 Å². The summed E-state index contributed by atoms with van der Waals surface area (Å²) in [6, 6.07) is 14.1. The molecule has 0 aliphatic heterocycles. The molecule has 2 heterocycles. The van der Waals surface area contributed by atoms with Crippen molar-refractivity contribution >= 4 is 16.7 Å². The lowest BCUT2D eigenvalue weighted by Crippen LogP contribution is -2.10. The summed E-state index contributed by atoms with van der Waals surface area (Å²) in [4.78, 5) is 9.19. The van der Waals surface area contributed by atoms with Gasteiger partial charge in [0.25, 0.3) is 0 Å². The van der Waals surface area contributed by atoms with Gasteiger partial charge in [-0.1, -0.05) is 18.2 Å². The highest BCUT2D eigenvalue weighted by molar-refractivity contribution is 5.92. The van der Waals surface area contributed by atoms with Crippen LogP contribution in [-0.2, 0) is 0 Å². The topological polar surface area (TPSA) is 69.4 Å². The van der Waals surface area contributed by atoms with Crippen molar-refractivity contribution in [2.24, 2.45) is 0 Å². The van der Waals surface area contributed by atoms with Crippen LogP contribution in [0.1, 0.15) is 24.4 Å². The lowest BCUT2D eigenvalue weighted by atomic mass is 10.0. The summed E-state index contributed by atoms with van der Waals surface area (Å²) in [5.74, 6) is 2.73. The number of anilines is 1. The molecule has 6 nitrogen and oxygen atoms in total. The number of methoxy groups -OCH3 is 2. The van der Waals surface area contributed by atoms with Crippen molar-refractivity contribution in [1.29, 1.82) is 0 Å². The van der Waals surface area contributed by atoms with Gasteiger partial charge in [-0.3, -0.25) is 0 Å². The van der Waals surface area contributed by atoms with E-state index in [1.54, 1.807) is 26.7 Å². The first kappa shape index (κ1) is 18.8. The summed E-state index contributed by atoms with van der Waals surface area (Å²) in [5, 5.41) is 4.41. The van der Waals surface area contributed by atoms with Crippen molar-refractivity contribution in [3.8, 4) is 22.6 Å². The fourth-order valence-electron chi connectivity index (χ4n) is 3.39. The van der Waals surface area contributed by atoms with Gasteiger partial charge in [-0.25, -0.2) is 9.97 Å². The number of hydrogen-bond acceptors (Lipinski definition) is 6. The van der Waals surface area contributed by atoms with Crippen LogP contribution in [0.3, 0.4) is 0 Å². The normalized spacial score (nSPS) is 12.0. The van der Waals surface area contributed by atoms with Crippen molar-refractivity contribution in [3.63, 3.8) is 0 Å². The maximum Gasteiger partial charge on any atom is 0.162 e. The molecule has 0 fully saturated rings. The van der Waals surface area contributed by atoms with Gasteiger partial charge in [0, 0.05) is 23.1 Å². The predicted molar refractivity (Wildman–Crippen MR) is 114 cm³/mol. The Morgan fingerprint density at radius 2 is 1.76 bits per heavy atom. The van der Waals surface area contributed by atoms with Crippen LogP contribution in [0, 0.1) is 6.92 Å². The van der Waals surface area contributed by atoms with E-state index in [-0.39, 0.29) is 6.04 Å². The minimum Gasteiger partial charge on any atom is -0.493 e. The zero-order chi connectivity index (χ0) is 20.4. The maximum atomic E-state index is 5.46. The second-order valence-corrected chi connectivity index (χ2v) is 6.85. The first-order chi connectivity index (χ1) is 14.1. The highest BCUT2D eigenvalue weighted by Gasteiger charge is 2.15. The van der Waals surface area contributed by atoms with Crippen molar-refractivity contribution in [2.45, 2.75) is 19.9 Å². The molecule has 1 atom stereocenters. The standard InChI is InChI=1S/C23H23N3O3/c1-14(16-6-5-7-17(10-16)18-8-9-29-13-18)24-23-19-11-21(27-3)22(28-4)12-20(19)25-15(2)26-23/h5-14H,1-4H3,(H,24,25,26)/t14-/m1/s1. The van der Waals surface area contributed by atoms with E-state index in [9.17, 15) is 0 Å². The number of ether oxygens (including phenoxy) is 2. The van der Waals surface area contributed by atoms with Crippen molar-refractivity contribution in [2.75, 3.05) is 19.5 Å². The number of aryl methyl sites for hydroxylation is 1. The van der Waals surface area contributed by atoms with Crippen LogP contribution in [0.15, 0.2) is 59.4 Å². The molecular formula is C23H23N3O3. The van der Waals surface area contributed by atoms with Crippen molar-refractivity contribution in [1.82, 2.24) is 9.97 Å². The molecule has 0 bridgehead atoms. The molecule has 0 aliphatic carbocycles. The molecule has 2 aromatic carbocycles. The largest absolute Gasteiger partial charge is 0.493 e. The summed E-state index contributed by atoms with van der Waals surface area (Å²) in [7, 11) is 3.24. The lowest BCUT2D eigenvalue weighted by Gasteiger charge is -2.18. The Hall–Kier alpha value is -3.54. The van der Waals surface area contributed by atoms with Gasteiger partial charge in [-0.05, 0) is 43.2 Å². The number of rotatable bonds is 6. The van der Waals surface area contributed by atoms with Crippen LogP contribution in [0.25, 0.3) is 22.0 Å². The summed E-state index contributed by atoms with van der Waals surface area (Å²) < 4.78 is 16.1. The van der Waals surface area contributed by atoms with Crippen LogP contribution < -0.4 is 14.8 Å². The van der Waals surface area contributed by atoms with E-state index in [1.807, 2.05) is 31.2 Å². The zero-order valence-corrected chi connectivity index (χ0v) is 16.9. The molecule has 4 rings (SSSR count). The molecule has 148 valence electrons. The van der Waals surface area contributed by atoms with Gasteiger partial charge in [-0.15, -0.1) is 0 Å². The average molecular weight is 389 g/mol. The van der Waals surface area contributed by atoms with E-state index in [0.29, 0.717) is 17.3 Å². The van der Waals surface area contributed by atoms with Gasteiger partial charge in [0.15, 0.2) is 11.5 Å². The minimum atomic E-state index is 0.0347. The number of hydrogen-bond donors (Lipinski definition) is 1. The first-order valence-electron chi connectivity index (χ1n) is 9.38. The van der Waals surface area contributed by atoms with Crippen LogP contribution in [0.4, 0.5) is 5.82 Å². The smallest absolute Gasteiger partial charge is 0.162 e. The molecule has 0 amide bonds. The molecule has 0 spiro atoms. The quantitative estimate of drug-likeness (QED) is 0.477. The van der Waals surface area contributed by atoms with Gasteiger partial charge in [0.05, 0.1) is 32.3 Å². The highest BCUT2D eigenvalue weighted by atomic mass is 16.5. The van der Waals surface area contributed by atoms with Crippen LogP contribution in [-0.4, -0.2) is 24.2 Å². The summed E-state index contributed by atoms with van der Waals surface area (Å²) in [6.45, 7) is 3.99. The second-order valence-electron chi connectivity index (χ2n) is 6.85. The second kappa shape index (κ2) is 7.83. The fourth-order valence-corrected chi connectivity index (χ4v) is 3.39. The van der Waals surface area contributed by atoms with Gasteiger partial charge in [0.1, 0.15) is 11.6 Å². The number of furan rings is 1. The Bertz CT molecular complexity index is 1140. The molecular weight excluding hydrogens is 366 g/mol. The van der Waals surface area contributed by atoms with Crippen molar-refractivity contribution in [3.05, 3.63) is 66.4 Å². The maximum absolute atomic E-state index is 5.46. The van der Waals surface area contributed by atoms with E-state index in [0.717, 1.165) is 33.4 Å². The molecule has 6 heteroatoms. The molecule has 0 unspecified atom stereocenters. The molecule has 4 aromatic rings. The van der Waals surface area contributed by atoms with E-state index in [4.69, 9.17) is 13.9 Å². The van der Waals surface area contributed by atoms with E-state index in [2.05, 4.69) is 40.4 Å². The molecule has 2 aromatic heterocycles. The summed E-state index contributed by atoms with van der Waals surface area (Å²) in [5.41, 5.74) is 4.12. The number of nitrogens with zero attached hydrogens (tertiary/aromatic N) is 2. The number of nitrogens with one attached hydrogen (secondary N) is 1. The van der Waals surface area contributed by atoms with E-state index in [1.165, 1.54) is 0 Å². The highest BCUT2D eigenvalue weighted by Crippen LogP contribution is 2.35. The lowest BCUT2D eigenvalue weighted by molar-refractivity contribution is 0.356. The third-order valence-electron chi connectivity index (χ3n) is 4.91. The number of aromatic nitrogens is 2. The molecule has 0 saturated heterocycles. The summed E-state index contributed by atoms with van der Waals surface area (Å²) >= 11 is 0. The third-order valence-corrected chi connectivity index (χ3v) is 4.91.